The van der Waals surface area contributed by atoms with Crippen LogP contribution in [0.4, 0.5) is 0 Å². The molecular weight excluding hydrogens is 424 g/mol. The number of piperidine rings is 1. The Morgan fingerprint density at radius 2 is 1.21 bits per heavy atom. The number of hydrogen-bond acceptors (Lipinski definition) is 6. The van der Waals surface area contributed by atoms with Crippen LogP contribution in [0.5, 0.6) is 0 Å². The van der Waals surface area contributed by atoms with Gasteiger partial charge in [-0.1, -0.05) is 18.2 Å². The van der Waals surface area contributed by atoms with E-state index in [1.54, 1.807) is 18.2 Å². The Kier molecular flexibility index (Phi) is 5.65. The molecular formula is C17H20N2O6S3. The average Bonchev–Trinajstić information content (AvgIpc) is 2.68. The first-order chi connectivity index (χ1) is 13.0. The highest BCUT2D eigenvalue weighted by Crippen LogP contribution is 2.27. The summed E-state index contributed by atoms with van der Waals surface area (Å²) >= 11 is 0. The minimum atomic E-state index is -3.92. The molecule has 2 aromatic carbocycles. The van der Waals surface area contributed by atoms with Gasteiger partial charge in [0, 0.05) is 13.1 Å². The molecule has 0 aromatic heterocycles. The van der Waals surface area contributed by atoms with Gasteiger partial charge in [-0.3, -0.25) is 0 Å². The van der Waals surface area contributed by atoms with Gasteiger partial charge >= 0.3 is 0 Å². The van der Waals surface area contributed by atoms with Crippen LogP contribution in [-0.2, 0) is 29.9 Å². The second kappa shape index (κ2) is 7.56. The number of nitrogens with two attached hydrogens (primary N) is 1. The van der Waals surface area contributed by atoms with E-state index in [0.717, 1.165) is 12.1 Å². The third kappa shape index (κ3) is 4.13. The number of rotatable bonds is 5. The summed E-state index contributed by atoms with van der Waals surface area (Å²) in [4.78, 5) is -0.0155. The highest BCUT2D eigenvalue weighted by atomic mass is 32.2. The van der Waals surface area contributed by atoms with Crippen molar-refractivity contribution in [2.45, 2.75) is 32.8 Å². The van der Waals surface area contributed by atoms with Crippen molar-refractivity contribution in [2.75, 3.05) is 13.1 Å². The van der Waals surface area contributed by atoms with E-state index in [4.69, 9.17) is 5.14 Å². The Labute approximate surface area is 165 Å². The van der Waals surface area contributed by atoms with Gasteiger partial charge in [0.15, 0.2) is 9.84 Å². The number of hydrogen-bond donors (Lipinski definition) is 1. The minimum Gasteiger partial charge on any atom is -0.225 e. The molecule has 1 aliphatic rings. The predicted octanol–water partition coefficient (Wildman–Crippen LogP) is 0.961. The quantitative estimate of drug-likeness (QED) is 0.731. The fourth-order valence-corrected chi connectivity index (χ4v) is 6.87. The number of primary sulfonamides is 1. The van der Waals surface area contributed by atoms with E-state index in [0.29, 0.717) is 0 Å². The van der Waals surface area contributed by atoms with Crippen LogP contribution in [0.2, 0.25) is 0 Å². The fraction of sp³-hybridized carbons (Fsp3) is 0.294. The Hall–Kier alpha value is -1.79. The average molecular weight is 445 g/mol. The molecule has 0 unspecified atom stereocenters. The van der Waals surface area contributed by atoms with Crippen molar-refractivity contribution in [3.63, 3.8) is 0 Å². The van der Waals surface area contributed by atoms with Crippen LogP contribution in [-0.4, -0.2) is 47.9 Å². The van der Waals surface area contributed by atoms with Crippen molar-refractivity contribution in [2.24, 2.45) is 5.14 Å². The molecule has 3 rings (SSSR count). The first kappa shape index (κ1) is 20.9. The van der Waals surface area contributed by atoms with Gasteiger partial charge in [-0.2, -0.15) is 4.31 Å². The second-order valence-corrected chi connectivity index (χ2v) is 12.2. The third-order valence-electron chi connectivity index (χ3n) is 4.70. The van der Waals surface area contributed by atoms with E-state index >= 15 is 0 Å². The van der Waals surface area contributed by atoms with E-state index in [9.17, 15) is 25.3 Å². The normalized spacial score (nSPS) is 17.5. The first-order valence-electron chi connectivity index (χ1n) is 8.45. The molecule has 0 amide bonds. The monoisotopic (exact) mass is 444 g/mol. The molecule has 0 saturated carbocycles. The number of sulfonamides is 2. The van der Waals surface area contributed by atoms with Crippen molar-refractivity contribution in [3.05, 3.63) is 54.6 Å². The molecule has 1 fully saturated rings. The second-order valence-electron chi connectivity index (χ2n) is 6.48. The zero-order valence-electron chi connectivity index (χ0n) is 14.8. The molecule has 2 N–H and O–H groups in total. The van der Waals surface area contributed by atoms with Crippen LogP contribution in [0.3, 0.4) is 0 Å². The molecule has 152 valence electrons. The maximum atomic E-state index is 12.8. The van der Waals surface area contributed by atoms with Gasteiger partial charge in [0.1, 0.15) is 0 Å². The van der Waals surface area contributed by atoms with Crippen LogP contribution in [0, 0.1) is 0 Å². The highest BCUT2D eigenvalue weighted by molar-refractivity contribution is 7.92. The van der Waals surface area contributed by atoms with Gasteiger partial charge in [0.05, 0.1) is 19.9 Å². The molecule has 0 aliphatic carbocycles. The van der Waals surface area contributed by atoms with Crippen molar-refractivity contribution in [1.82, 2.24) is 4.31 Å². The standard InChI is InChI=1S/C17H20N2O6S3/c18-27(22,23)16-6-8-17(9-7-16)28(24,25)19-12-10-15(11-13-19)26(20,21)14-4-2-1-3-5-14/h1-9,15H,10-13H2,(H2,18,22,23). The maximum Gasteiger partial charge on any atom is 0.243 e. The summed E-state index contributed by atoms with van der Waals surface area (Å²) in [6.45, 7) is 0.131. The number of benzene rings is 2. The van der Waals surface area contributed by atoms with Crippen LogP contribution in [0.15, 0.2) is 69.3 Å². The first-order valence-corrected chi connectivity index (χ1v) is 13.0. The molecule has 0 atom stereocenters. The van der Waals surface area contributed by atoms with Crippen molar-refractivity contribution < 1.29 is 25.3 Å². The largest absolute Gasteiger partial charge is 0.243 e. The Morgan fingerprint density at radius 3 is 1.71 bits per heavy atom. The van der Waals surface area contributed by atoms with Gasteiger partial charge in [0.25, 0.3) is 0 Å². The van der Waals surface area contributed by atoms with Crippen LogP contribution < -0.4 is 5.14 Å². The predicted molar refractivity (Wildman–Crippen MR) is 103 cm³/mol. The van der Waals surface area contributed by atoms with Crippen molar-refractivity contribution >= 4 is 29.9 Å². The molecule has 1 heterocycles. The topological polar surface area (TPSA) is 132 Å². The van der Waals surface area contributed by atoms with E-state index < -0.39 is 35.1 Å². The molecule has 11 heteroatoms. The lowest BCUT2D eigenvalue weighted by Crippen LogP contribution is -2.42. The van der Waals surface area contributed by atoms with Gasteiger partial charge in [-0.25, -0.2) is 30.4 Å². The highest BCUT2D eigenvalue weighted by Gasteiger charge is 2.35. The Balaban J connectivity index is 1.75. The van der Waals surface area contributed by atoms with E-state index in [2.05, 4.69) is 0 Å². The van der Waals surface area contributed by atoms with Crippen LogP contribution >= 0.6 is 0 Å². The Bertz CT molecular complexity index is 1150. The molecule has 0 spiro atoms. The van der Waals surface area contributed by atoms with Crippen molar-refractivity contribution in [3.8, 4) is 0 Å². The molecule has 0 radical (unpaired) electrons. The number of sulfone groups is 1. The summed E-state index contributed by atoms with van der Waals surface area (Å²) in [6, 6.07) is 12.7. The Morgan fingerprint density at radius 1 is 0.714 bits per heavy atom. The minimum absolute atomic E-state index is 0.0655. The summed E-state index contributed by atoms with van der Waals surface area (Å²) in [5.74, 6) is 0. The lowest BCUT2D eigenvalue weighted by Gasteiger charge is -2.31. The van der Waals surface area contributed by atoms with E-state index in [-0.39, 0.29) is 40.6 Å². The third-order valence-corrected chi connectivity index (χ3v) is 9.82. The summed E-state index contributed by atoms with van der Waals surface area (Å²) < 4.78 is 74.8. The number of nitrogens with zero attached hydrogens (tertiary/aromatic N) is 1. The van der Waals surface area contributed by atoms with Crippen molar-refractivity contribution in [1.29, 1.82) is 0 Å². The lowest BCUT2D eigenvalue weighted by molar-refractivity contribution is 0.345. The van der Waals surface area contributed by atoms with E-state index in [1.165, 1.54) is 28.6 Å². The molecule has 0 bridgehead atoms. The lowest BCUT2D eigenvalue weighted by atomic mass is 10.2. The van der Waals surface area contributed by atoms with Crippen LogP contribution in [0.1, 0.15) is 12.8 Å². The van der Waals surface area contributed by atoms with Gasteiger partial charge in [0.2, 0.25) is 20.0 Å². The summed E-state index contributed by atoms with van der Waals surface area (Å²) in [5, 5.41) is 4.37. The SMILES string of the molecule is NS(=O)(=O)c1ccc(S(=O)(=O)N2CCC(S(=O)(=O)c3ccccc3)CC2)cc1. The summed E-state index contributed by atoms with van der Waals surface area (Å²) in [6.07, 6.45) is 0.372. The smallest absolute Gasteiger partial charge is 0.225 e. The van der Waals surface area contributed by atoms with E-state index in [1.807, 2.05) is 0 Å². The zero-order chi connectivity index (χ0) is 20.6. The molecule has 8 nitrogen and oxygen atoms in total. The molecule has 28 heavy (non-hydrogen) atoms. The maximum absolute atomic E-state index is 12.8. The van der Waals surface area contributed by atoms with Gasteiger partial charge in [-0.05, 0) is 49.2 Å². The molecule has 1 saturated heterocycles. The zero-order valence-corrected chi connectivity index (χ0v) is 17.3. The van der Waals surface area contributed by atoms with Gasteiger partial charge in [-0.15, -0.1) is 0 Å². The molecule has 1 aliphatic heterocycles. The summed E-state index contributed by atoms with van der Waals surface area (Å²) in [5.41, 5.74) is 0. The fourth-order valence-electron chi connectivity index (χ4n) is 3.14. The van der Waals surface area contributed by atoms with Crippen LogP contribution in [0.25, 0.3) is 0 Å². The molecule has 2 aromatic rings. The summed E-state index contributed by atoms with van der Waals surface area (Å²) in [7, 11) is -11.3. The van der Waals surface area contributed by atoms with Gasteiger partial charge < -0.3 is 0 Å².